The van der Waals surface area contributed by atoms with E-state index in [-0.39, 0.29) is 43.6 Å². The number of amides is 2. The minimum atomic E-state index is -0.882. The number of hydrogen-bond donors (Lipinski definition) is 1. The first-order valence-corrected chi connectivity index (χ1v) is 13.9. The Morgan fingerprint density at radius 3 is 1.22 bits per heavy atom. The summed E-state index contributed by atoms with van der Waals surface area (Å²) in [5, 5.41) is 8.47. The predicted molar refractivity (Wildman–Crippen MR) is 144 cm³/mol. The highest BCUT2D eigenvalue weighted by Crippen LogP contribution is 2.06. The second-order valence-electron chi connectivity index (χ2n) is 8.60. The van der Waals surface area contributed by atoms with Crippen LogP contribution in [0.25, 0.3) is 0 Å². The third-order valence-corrected chi connectivity index (χ3v) is 5.32. The highest BCUT2D eigenvalue weighted by Gasteiger charge is 2.23. The molecule has 0 saturated heterocycles. The minimum absolute atomic E-state index is 0.00787. The maximum Gasteiger partial charge on any atom is 0.305 e. The van der Waals surface area contributed by atoms with Crippen molar-refractivity contribution in [2.45, 2.75) is 25.7 Å². The van der Waals surface area contributed by atoms with Crippen LogP contribution in [0, 0.1) is 0 Å². The summed E-state index contributed by atoms with van der Waals surface area (Å²) in [4.78, 5) is 46.1. The van der Waals surface area contributed by atoms with Gasteiger partial charge in [-0.15, -0.1) is 0 Å². The topological polar surface area (TPSA) is 166 Å². The number of imide groups is 1. The first kappa shape index (κ1) is 36.7. The van der Waals surface area contributed by atoms with Crippen molar-refractivity contribution in [1.82, 2.24) is 4.90 Å². The van der Waals surface area contributed by atoms with Crippen LogP contribution in [0.2, 0.25) is 0 Å². The molecule has 14 nitrogen and oxygen atoms in total. The lowest BCUT2D eigenvalue weighted by Gasteiger charge is -2.12. The zero-order valence-electron chi connectivity index (χ0n) is 23.8. The molecular weight excluding hydrogens is 546 g/mol. The molecule has 0 fully saturated rings. The molecular formula is C27H45NO13. The highest BCUT2D eigenvalue weighted by atomic mass is 16.6. The van der Waals surface area contributed by atoms with Crippen LogP contribution >= 0.6 is 0 Å². The SMILES string of the molecule is O=C(O)CCOCCOCCOCCOCCOCCOCCOCCOCCCC(=O)CCN1C(=O)C=CC1=O. The van der Waals surface area contributed by atoms with Crippen LogP contribution in [-0.2, 0) is 57.1 Å². The zero-order chi connectivity index (χ0) is 29.8. The van der Waals surface area contributed by atoms with E-state index in [2.05, 4.69) is 0 Å². The van der Waals surface area contributed by atoms with Crippen molar-refractivity contribution in [1.29, 1.82) is 0 Å². The van der Waals surface area contributed by atoms with Gasteiger partial charge in [0.1, 0.15) is 5.78 Å². The molecule has 236 valence electrons. The number of Topliss-reactive ketones (excluding diaryl/α,β-unsaturated/α-hetero) is 1. The van der Waals surface area contributed by atoms with Gasteiger partial charge in [0, 0.05) is 38.1 Å². The van der Waals surface area contributed by atoms with Crippen molar-refractivity contribution < 1.29 is 62.2 Å². The smallest absolute Gasteiger partial charge is 0.305 e. The van der Waals surface area contributed by atoms with E-state index >= 15 is 0 Å². The van der Waals surface area contributed by atoms with E-state index in [0.717, 1.165) is 4.90 Å². The molecule has 1 aliphatic heterocycles. The van der Waals surface area contributed by atoms with E-state index in [1.54, 1.807) is 0 Å². The summed E-state index contributed by atoms with van der Waals surface area (Å²) in [6, 6.07) is 0. The molecule has 0 aliphatic carbocycles. The highest BCUT2D eigenvalue weighted by molar-refractivity contribution is 6.13. The van der Waals surface area contributed by atoms with Crippen molar-refractivity contribution in [3.8, 4) is 0 Å². The predicted octanol–water partition coefficient (Wildman–Crippen LogP) is 0.258. The van der Waals surface area contributed by atoms with Gasteiger partial charge in [-0.05, 0) is 6.42 Å². The molecule has 0 unspecified atom stereocenters. The van der Waals surface area contributed by atoms with E-state index in [0.29, 0.717) is 112 Å². The molecule has 0 aromatic rings. The van der Waals surface area contributed by atoms with Crippen molar-refractivity contribution in [3.05, 3.63) is 12.2 Å². The number of carboxylic acids is 1. The van der Waals surface area contributed by atoms with Crippen molar-refractivity contribution in [2.75, 3.05) is 112 Å². The van der Waals surface area contributed by atoms with Gasteiger partial charge < -0.3 is 43.0 Å². The monoisotopic (exact) mass is 591 g/mol. The number of ether oxygens (including phenoxy) is 8. The largest absolute Gasteiger partial charge is 0.481 e. The van der Waals surface area contributed by atoms with E-state index in [1.807, 2.05) is 0 Å². The fraction of sp³-hybridized carbons (Fsp3) is 0.778. The molecule has 1 aliphatic rings. The lowest BCUT2D eigenvalue weighted by molar-refractivity contribution is -0.139. The summed E-state index contributed by atoms with van der Waals surface area (Å²) in [6.45, 7) is 6.87. The number of hydrogen-bond acceptors (Lipinski definition) is 12. The zero-order valence-corrected chi connectivity index (χ0v) is 23.8. The second kappa shape index (κ2) is 26.6. The fourth-order valence-electron chi connectivity index (χ4n) is 3.19. The molecule has 2 amide bonds. The first-order chi connectivity index (χ1) is 20.0. The van der Waals surface area contributed by atoms with Gasteiger partial charge >= 0.3 is 5.97 Å². The molecule has 0 radical (unpaired) electrons. The van der Waals surface area contributed by atoms with Crippen LogP contribution in [-0.4, -0.2) is 146 Å². The summed E-state index contributed by atoms with van der Waals surface area (Å²) >= 11 is 0. The Kier molecular flexibility index (Phi) is 23.8. The molecule has 41 heavy (non-hydrogen) atoms. The molecule has 0 atom stereocenters. The van der Waals surface area contributed by atoms with E-state index in [9.17, 15) is 19.2 Å². The summed E-state index contributed by atoms with van der Waals surface area (Å²) in [6.07, 6.45) is 3.49. The Morgan fingerprint density at radius 1 is 0.512 bits per heavy atom. The quantitative estimate of drug-likeness (QED) is 0.0862. The Balaban J connectivity index is 1.68. The number of nitrogens with zero attached hydrogens (tertiary/aromatic N) is 1. The average molecular weight is 592 g/mol. The number of carboxylic acid groups (broad SMARTS) is 1. The Hall–Kier alpha value is -2.30. The first-order valence-electron chi connectivity index (χ1n) is 13.9. The summed E-state index contributed by atoms with van der Waals surface area (Å²) in [5.41, 5.74) is 0. The molecule has 1 heterocycles. The molecule has 0 saturated carbocycles. The Bertz CT molecular complexity index is 729. The van der Waals surface area contributed by atoms with Crippen LogP contribution in [0.5, 0.6) is 0 Å². The van der Waals surface area contributed by atoms with Gasteiger partial charge in [0.2, 0.25) is 0 Å². The van der Waals surface area contributed by atoms with Gasteiger partial charge in [0.05, 0.1) is 106 Å². The molecule has 1 N–H and O–H groups in total. The number of carbonyl (C=O) groups excluding carboxylic acids is 3. The lowest BCUT2D eigenvalue weighted by Crippen LogP contribution is -2.32. The number of rotatable bonds is 31. The molecule has 14 heteroatoms. The maximum atomic E-state index is 11.9. The van der Waals surface area contributed by atoms with Crippen molar-refractivity contribution in [2.24, 2.45) is 0 Å². The van der Waals surface area contributed by atoms with Gasteiger partial charge in [0.15, 0.2) is 0 Å². The van der Waals surface area contributed by atoms with E-state index in [1.165, 1.54) is 12.2 Å². The molecule has 1 rings (SSSR count). The third-order valence-electron chi connectivity index (χ3n) is 5.32. The summed E-state index contributed by atoms with van der Waals surface area (Å²) in [7, 11) is 0. The summed E-state index contributed by atoms with van der Waals surface area (Å²) < 4.78 is 42.9. The number of carbonyl (C=O) groups is 4. The van der Waals surface area contributed by atoms with Crippen molar-refractivity contribution >= 4 is 23.6 Å². The Labute approximate surface area is 241 Å². The van der Waals surface area contributed by atoms with E-state index in [4.69, 9.17) is 43.0 Å². The van der Waals surface area contributed by atoms with Gasteiger partial charge in [-0.2, -0.15) is 0 Å². The normalized spacial score (nSPS) is 13.0. The fourth-order valence-corrected chi connectivity index (χ4v) is 3.19. The summed E-state index contributed by atoms with van der Waals surface area (Å²) in [5.74, 6) is -1.64. The molecule has 0 aromatic carbocycles. The van der Waals surface area contributed by atoms with Crippen LogP contribution in [0.3, 0.4) is 0 Å². The third kappa shape index (κ3) is 23.0. The molecule has 0 spiro atoms. The standard InChI is InChI=1S/C27H45NO13/c29-24(5-7-28-25(30)3-4-26(28)31)2-1-8-34-10-12-36-14-16-38-18-20-40-22-23-41-21-19-39-17-15-37-13-11-35-9-6-27(32)33/h3-4H,1-2,5-23H2,(H,32,33). The van der Waals surface area contributed by atoms with Crippen molar-refractivity contribution in [3.63, 3.8) is 0 Å². The van der Waals surface area contributed by atoms with Gasteiger partial charge in [-0.3, -0.25) is 24.1 Å². The van der Waals surface area contributed by atoms with Crippen LogP contribution in [0.1, 0.15) is 25.7 Å². The molecule has 0 bridgehead atoms. The van der Waals surface area contributed by atoms with Crippen LogP contribution in [0.4, 0.5) is 0 Å². The average Bonchev–Trinajstić information content (AvgIpc) is 3.27. The number of ketones is 1. The van der Waals surface area contributed by atoms with Crippen LogP contribution < -0.4 is 0 Å². The van der Waals surface area contributed by atoms with E-state index < -0.39 is 5.97 Å². The van der Waals surface area contributed by atoms with Gasteiger partial charge in [-0.1, -0.05) is 0 Å². The van der Waals surface area contributed by atoms with Crippen LogP contribution in [0.15, 0.2) is 12.2 Å². The van der Waals surface area contributed by atoms with Gasteiger partial charge in [0.25, 0.3) is 11.8 Å². The number of aliphatic carboxylic acids is 1. The Morgan fingerprint density at radius 2 is 0.854 bits per heavy atom. The van der Waals surface area contributed by atoms with Gasteiger partial charge in [-0.25, -0.2) is 0 Å². The lowest BCUT2D eigenvalue weighted by atomic mass is 10.1. The molecule has 0 aromatic heterocycles. The maximum absolute atomic E-state index is 11.9. The minimum Gasteiger partial charge on any atom is -0.481 e. The second-order valence-corrected chi connectivity index (χ2v) is 8.60.